The number of ether oxygens (including phenoxy) is 2. The smallest absolute Gasteiger partial charge is 0.270 e. The molecule has 1 aromatic heterocycles. The van der Waals surface area contributed by atoms with Gasteiger partial charge in [0.1, 0.15) is 11.9 Å². The molecule has 1 N–H and O–H groups in total. The zero-order valence-electron chi connectivity index (χ0n) is 11.9. The van der Waals surface area contributed by atoms with Crippen molar-refractivity contribution in [3.05, 3.63) is 48.2 Å². The zero-order chi connectivity index (χ0) is 14.8. The van der Waals surface area contributed by atoms with E-state index in [0.29, 0.717) is 17.3 Å². The molecule has 1 aromatic carbocycles. The van der Waals surface area contributed by atoms with E-state index in [4.69, 9.17) is 9.47 Å². The molecule has 2 atom stereocenters. The molecule has 1 amide bonds. The van der Waals surface area contributed by atoms with Gasteiger partial charge in [0.05, 0.1) is 0 Å². The molecule has 0 saturated carbocycles. The van der Waals surface area contributed by atoms with Crippen LogP contribution in [0.3, 0.4) is 0 Å². The molecule has 5 nitrogen and oxygen atoms in total. The Morgan fingerprint density at radius 1 is 1.14 bits per heavy atom. The van der Waals surface area contributed by atoms with E-state index < -0.39 is 6.10 Å². The van der Waals surface area contributed by atoms with Crippen LogP contribution in [0.2, 0.25) is 0 Å². The molecule has 0 bridgehead atoms. The molecular formula is C16H16N2O3. The second-order valence-corrected chi connectivity index (χ2v) is 5.02. The second-order valence-electron chi connectivity index (χ2n) is 5.02. The van der Waals surface area contributed by atoms with Crippen molar-refractivity contribution in [1.29, 1.82) is 0 Å². The maximum atomic E-state index is 12.3. The molecule has 0 unspecified atom stereocenters. The predicted octanol–water partition coefficient (Wildman–Crippen LogP) is 2.56. The number of benzene rings is 1. The Labute approximate surface area is 122 Å². The van der Waals surface area contributed by atoms with Crippen molar-refractivity contribution in [2.45, 2.75) is 26.1 Å². The summed E-state index contributed by atoms with van der Waals surface area (Å²) in [7, 11) is 0. The van der Waals surface area contributed by atoms with Crippen LogP contribution in [0, 0.1) is 6.92 Å². The van der Waals surface area contributed by atoms with Crippen LogP contribution in [0.4, 0.5) is 5.82 Å². The summed E-state index contributed by atoms with van der Waals surface area (Å²) in [5, 5.41) is 2.75. The van der Waals surface area contributed by atoms with Gasteiger partial charge in [-0.2, -0.15) is 0 Å². The molecule has 0 aliphatic carbocycles. The monoisotopic (exact) mass is 284 g/mol. The summed E-state index contributed by atoms with van der Waals surface area (Å²) in [6.07, 6.45) is 0.625. The van der Waals surface area contributed by atoms with Crippen LogP contribution in [-0.2, 0) is 4.79 Å². The average molecular weight is 284 g/mol. The van der Waals surface area contributed by atoms with Gasteiger partial charge in [0.2, 0.25) is 6.10 Å². The third kappa shape index (κ3) is 2.81. The third-order valence-electron chi connectivity index (χ3n) is 3.26. The minimum atomic E-state index is -0.706. The van der Waals surface area contributed by atoms with Crippen LogP contribution in [0.5, 0.6) is 11.5 Å². The number of rotatable bonds is 2. The summed E-state index contributed by atoms with van der Waals surface area (Å²) < 4.78 is 11.5. The standard InChI is InChI=1S/C16H16N2O3/c1-10-7-8-14(17-9-10)18-16(19)15-11(2)20-12-5-3-4-6-13(12)21-15/h3-9,11,15H,1-2H3,(H,17,18,19)/t11-,15-/m0/s1. The van der Waals surface area contributed by atoms with Gasteiger partial charge >= 0.3 is 0 Å². The number of amides is 1. The van der Waals surface area contributed by atoms with Gasteiger partial charge in [-0.3, -0.25) is 4.79 Å². The fourth-order valence-electron chi connectivity index (χ4n) is 2.15. The number of hydrogen-bond acceptors (Lipinski definition) is 4. The van der Waals surface area contributed by atoms with E-state index in [9.17, 15) is 4.79 Å². The van der Waals surface area contributed by atoms with E-state index in [0.717, 1.165) is 5.56 Å². The van der Waals surface area contributed by atoms with Crippen molar-refractivity contribution in [3.63, 3.8) is 0 Å². The fourth-order valence-corrected chi connectivity index (χ4v) is 2.15. The van der Waals surface area contributed by atoms with Crippen molar-refractivity contribution >= 4 is 11.7 Å². The molecule has 21 heavy (non-hydrogen) atoms. The Kier molecular flexibility index (Phi) is 3.48. The molecular weight excluding hydrogens is 268 g/mol. The van der Waals surface area contributed by atoms with Gasteiger partial charge in [-0.25, -0.2) is 4.98 Å². The predicted molar refractivity (Wildman–Crippen MR) is 78.6 cm³/mol. The molecule has 1 aliphatic rings. The first-order valence-corrected chi connectivity index (χ1v) is 6.79. The molecule has 2 heterocycles. The van der Waals surface area contributed by atoms with Gasteiger partial charge in [0.15, 0.2) is 11.5 Å². The fraction of sp³-hybridized carbons (Fsp3) is 0.250. The molecule has 0 spiro atoms. The van der Waals surface area contributed by atoms with Crippen molar-refractivity contribution in [2.75, 3.05) is 5.32 Å². The second kappa shape index (κ2) is 5.44. The molecule has 3 rings (SSSR count). The zero-order valence-corrected chi connectivity index (χ0v) is 11.9. The van der Waals surface area contributed by atoms with Crippen molar-refractivity contribution in [2.24, 2.45) is 0 Å². The van der Waals surface area contributed by atoms with Gasteiger partial charge in [-0.05, 0) is 37.6 Å². The Bertz CT molecular complexity index is 655. The molecule has 2 aromatic rings. The highest BCUT2D eigenvalue weighted by molar-refractivity contribution is 5.94. The third-order valence-corrected chi connectivity index (χ3v) is 3.26. The van der Waals surface area contributed by atoms with E-state index in [-0.39, 0.29) is 12.0 Å². The normalized spacial score (nSPS) is 19.9. The molecule has 108 valence electrons. The molecule has 1 aliphatic heterocycles. The minimum absolute atomic E-state index is 0.270. The van der Waals surface area contributed by atoms with Crippen LogP contribution in [0.15, 0.2) is 42.6 Å². The van der Waals surface area contributed by atoms with Crippen LogP contribution < -0.4 is 14.8 Å². The highest BCUT2D eigenvalue weighted by Crippen LogP contribution is 2.33. The lowest BCUT2D eigenvalue weighted by Gasteiger charge is -2.30. The number of nitrogens with one attached hydrogen (secondary N) is 1. The summed E-state index contributed by atoms with van der Waals surface area (Å²) in [4.78, 5) is 16.5. The quantitative estimate of drug-likeness (QED) is 0.920. The van der Waals surface area contributed by atoms with Gasteiger partial charge in [-0.15, -0.1) is 0 Å². The molecule has 0 radical (unpaired) electrons. The van der Waals surface area contributed by atoms with E-state index in [1.54, 1.807) is 18.3 Å². The lowest BCUT2D eigenvalue weighted by Crippen LogP contribution is -2.46. The van der Waals surface area contributed by atoms with Crippen LogP contribution in [-0.4, -0.2) is 23.1 Å². The molecule has 5 heteroatoms. The number of fused-ring (bicyclic) bond motifs is 1. The highest BCUT2D eigenvalue weighted by atomic mass is 16.6. The van der Waals surface area contributed by atoms with E-state index in [1.165, 1.54) is 0 Å². The SMILES string of the molecule is Cc1ccc(NC(=O)[C@H]2Oc3ccccc3O[C@H]2C)nc1. The lowest BCUT2D eigenvalue weighted by molar-refractivity contribution is -0.128. The maximum Gasteiger partial charge on any atom is 0.270 e. The topological polar surface area (TPSA) is 60.5 Å². The number of hydrogen-bond donors (Lipinski definition) is 1. The Hall–Kier alpha value is -2.56. The Balaban J connectivity index is 1.74. The summed E-state index contributed by atoms with van der Waals surface area (Å²) in [6, 6.07) is 11.0. The maximum absolute atomic E-state index is 12.3. The summed E-state index contributed by atoms with van der Waals surface area (Å²) in [5.41, 5.74) is 1.03. The van der Waals surface area contributed by atoms with Crippen LogP contribution in [0.1, 0.15) is 12.5 Å². The lowest BCUT2D eigenvalue weighted by atomic mass is 10.1. The molecule has 0 fully saturated rings. The number of para-hydroxylation sites is 2. The minimum Gasteiger partial charge on any atom is -0.482 e. The van der Waals surface area contributed by atoms with Crippen LogP contribution in [0.25, 0.3) is 0 Å². The number of aryl methyl sites for hydroxylation is 1. The van der Waals surface area contributed by atoms with Crippen molar-refractivity contribution in [1.82, 2.24) is 4.98 Å². The average Bonchev–Trinajstić information content (AvgIpc) is 2.49. The molecule has 0 saturated heterocycles. The van der Waals surface area contributed by atoms with E-state index >= 15 is 0 Å². The highest BCUT2D eigenvalue weighted by Gasteiger charge is 2.34. The Morgan fingerprint density at radius 3 is 2.52 bits per heavy atom. The number of carbonyl (C=O) groups is 1. The summed E-state index contributed by atoms with van der Waals surface area (Å²) >= 11 is 0. The number of pyridine rings is 1. The van der Waals surface area contributed by atoms with Crippen LogP contribution >= 0.6 is 0 Å². The first kappa shape index (κ1) is 13.4. The number of anilines is 1. The first-order chi connectivity index (χ1) is 10.1. The summed E-state index contributed by atoms with van der Waals surface area (Å²) in [5.74, 6) is 1.46. The van der Waals surface area contributed by atoms with E-state index in [2.05, 4.69) is 10.3 Å². The van der Waals surface area contributed by atoms with E-state index in [1.807, 2.05) is 38.1 Å². The van der Waals surface area contributed by atoms with Gasteiger partial charge in [-0.1, -0.05) is 18.2 Å². The number of aromatic nitrogens is 1. The van der Waals surface area contributed by atoms with Gasteiger partial charge in [0, 0.05) is 6.20 Å². The van der Waals surface area contributed by atoms with Gasteiger partial charge in [0.25, 0.3) is 5.91 Å². The largest absolute Gasteiger partial charge is 0.482 e. The first-order valence-electron chi connectivity index (χ1n) is 6.79. The summed E-state index contributed by atoms with van der Waals surface area (Å²) in [6.45, 7) is 3.75. The Morgan fingerprint density at radius 2 is 1.86 bits per heavy atom. The van der Waals surface area contributed by atoms with Crippen molar-refractivity contribution in [3.8, 4) is 11.5 Å². The number of nitrogens with zero attached hydrogens (tertiary/aromatic N) is 1. The van der Waals surface area contributed by atoms with Crippen molar-refractivity contribution < 1.29 is 14.3 Å². The number of carbonyl (C=O) groups excluding carboxylic acids is 1. The van der Waals surface area contributed by atoms with Gasteiger partial charge < -0.3 is 14.8 Å².